The third-order valence-electron chi connectivity index (χ3n) is 4.89. The zero-order chi connectivity index (χ0) is 17.0. The molecule has 0 aromatic rings. The van der Waals surface area contributed by atoms with E-state index in [2.05, 4.69) is 6.92 Å². The Labute approximate surface area is 147 Å². The van der Waals surface area contributed by atoms with Gasteiger partial charge in [-0.15, -0.1) is 0 Å². The van der Waals surface area contributed by atoms with Crippen LogP contribution >= 0.6 is 0 Å². The lowest BCUT2D eigenvalue weighted by atomic mass is 10.0. The Bertz CT molecular complexity index is 266. The van der Waals surface area contributed by atoms with Crippen molar-refractivity contribution >= 4 is 0 Å². The highest BCUT2D eigenvalue weighted by Crippen LogP contribution is 2.23. The number of hydrogen-bond donors (Lipinski definition) is 0. The SMILES string of the molecule is CCCCCC1OCC(CCC2OCC(CCCOC)CO2)CO1. The second kappa shape index (κ2) is 12.2. The highest BCUT2D eigenvalue weighted by Gasteiger charge is 2.26. The monoisotopic (exact) mass is 344 g/mol. The van der Waals surface area contributed by atoms with E-state index in [1.807, 2.05) is 0 Å². The number of rotatable bonds is 11. The van der Waals surface area contributed by atoms with Gasteiger partial charge in [0.1, 0.15) is 0 Å². The molecule has 0 aromatic heterocycles. The minimum absolute atomic E-state index is 0.0165. The molecule has 5 nitrogen and oxygen atoms in total. The largest absolute Gasteiger partial charge is 0.385 e. The lowest BCUT2D eigenvalue weighted by Gasteiger charge is -2.32. The molecule has 2 fully saturated rings. The fourth-order valence-electron chi connectivity index (χ4n) is 3.28. The molecular weight excluding hydrogens is 308 g/mol. The summed E-state index contributed by atoms with van der Waals surface area (Å²) >= 11 is 0. The molecule has 0 atom stereocenters. The summed E-state index contributed by atoms with van der Waals surface area (Å²) in [5, 5.41) is 0. The highest BCUT2D eigenvalue weighted by atomic mass is 16.7. The van der Waals surface area contributed by atoms with Crippen LogP contribution in [0, 0.1) is 11.8 Å². The summed E-state index contributed by atoms with van der Waals surface area (Å²) in [6, 6.07) is 0. The van der Waals surface area contributed by atoms with Crippen LogP contribution in [-0.2, 0) is 23.7 Å². The van der Waals surface area contributed by atoms with E-state index in [1.54, 1.807) is 7.11 Å². The van der Waals surface area contributed by atoms with Gasteiger partial charge in [-0.25, -0.2) is 0 Å². The van der Waals surface area contributed by atoms with E-state index in [9.17, 15) is 0 Å². The fraction of sp³-hybridized carbons (Fsp3) is 1.00. The molecule has 0 saturated carbocycles. The molecule has 0 amide bonds. The molecular formula is C19H36O5. The summed E-state index contributed by atoms with van der Waals surface area (Å²) in [4.78, 5) is 0. The summed E-state index contributed by atoms with van der Waals surface area (Å²) in [5.74, 6) is 0.987. The van der Waals surface area contributed by atoms with E-state index in [0.717, 1.165) is 65.1 Å². The van der Waals surface area contributed by atoms with Gasteiger partial charge in [0.05, 0.1) is 26.4 Å². The molecule has 0 spiro atoms. The molecule has 2 rings (SSSR count). The van der Waals surface area contributed by atoms with Gasteiger partial charge < -0.3 is 23.7 Å². The first-order chi connectivity index (χ1) is 11.8. The fourth-order valence-corrected chi connectivity index (χ4v) is 3.28. The topological polar surface area (TPSA) is 46.2 Å². The van der Waals surface area contributed by atoms with Gasteiger partial charge in [0.15, 0.2) is 12.6 Å². The molecule has 2 heterocycles. The van der Waals surface area contributed by atoms with Gasteiger partial charge in [-0.05, 0) is 38.5 Å². The molecule has 0 bridgehead atoms. The zero-order valence-electron chi connectivity index (χ0n) is 15.5. The average molecular weight is 344 g/mol. The van der Waals surface area contributed by atoms with Gasteiger partial charge in [0, 0.05) is 25.6 Å². The van der Waals surface area contributed by atoms with Gasteiger partial charge in [-0.2, -0.15) is 0 Å². The van der Waals surface area contributed by atoms with Crippen molar-refractivity contribution in [3.8, 4) is 0 Å². The van der Waals surface area contributed by atoms with Crippen LogP contribution in [0.5, 0.6) is 0 Å². The summed E-state index contributed by atoms with van der Waals surface area (Å²) in [5.41, 5.74) is 0. The van der Waals surface area contributed by atoms with Crippen molar-refractivity contribution < 1.29 is 23.7 Å². The molecule has 2 aliphatic rings. The van der Waals surface area contributed by atoms with E-state index in [-0.39, 0.29) is 12.6 Å². The first kappa shape index (κ1) is 20.1. The quantitative estimate of drug-likeness (QED) is 0.534. The van der Waals surface area contributed by atoms with Crippen LogP contribution in [0.1, 0.15) is 58.3 Å². The molecule has 0 aromatic carbocycles. The van der Waals surface area contributed by atoms with Crippen LogP contribution in [-0.4, -0.2) is 52.7 Å². The van der Waals surface area contributed by atoms with E-state index >= 15 is 0 Å². The van der Waals surface area contributed by atoms with Crippen LogP contribution in [0.3, 0.4) is 0 Å². The molecule has 142 valence electrons. The van der Waals surface area contributed by atoms with Crippen LogP contribution in [0.2, 0.25) is 0 Å². The Morgan fingerprint density at radius 3 is 1.88 bits per heavy atom. The van der Waals surface area contributed by atoms with Crippen molar-refractivity contribution in [3.63, 3.8) is 0 Å². The maximum atomic E-state index is 5.85. The van der Waals surface area contributed by atoms with Crippen LogP contribution in [0.4, 0.5) is 0 Å². The number of hydrogen-bond acceptors (Lipinski definition) is 5. The maximum Gasteiger partial charge on any atom is 0.157 e. The number of methoxy groups -OCH3 is 1. The second-order valence-electron chi connectivity index (χ2n) is 7.13. The molecule has 5 heteroatoms. The summed E-state index contributed by atoms with van der Waals surface area (Å²) in [6.07, 6.45) is 8.86. The van der Waals surface area contributed by atoms with Crippen molar-refractivity contribution in [1.29, 1.82) is 0 Å². The average Bonchev–Trinajstić information content (AvgIpc) is 2.63. The van der Waals surface area contributed by atoms with Crippen molar-refractivity contribution in [2.45, 2.75) is 70.9 Å². The van der Waals surface area contributed by atoms with Crippen molar-refractivity contribution in [3.05, 3.63) is 0 Å². The Hall–Kier alpha value is -0.200. The van der Waals surface area contributed by atoms with Gasteiger partial charge in [-0.1, -0.05) is 19.8 Å². The summed E-state index contributed by atoms with van der Waals surface area (Å²) < 4.78 is 28.5. The lowest BCUT2D eigenvalue weighted by molar-refractivity contribution is -0.219. The first-order valence-electron chi connectivity index (χ1n) is 9.77. The Kier molecular flexibility index (Phi) is 10.2. The second-order valence-corrected chi connectivity index (χ2v) is 7.13. The van der Waals surface area contributed by atoms with Gasteiger partial charge >= 0.3 is 0 Å². The van der Waals surface area contributed by atoms with Crippen LogP contribution in [0.25, 0.3) is 0 Å². The van der Waals surface area contributed by atoms with E-state index in [4.69, 9.17) is 23.7 Å². The molecule has 24 heavy (non-hydrogen) atoms. The minimum Gasteiger partial charge on any atom is -0.385 e. The zero-order valence-corrected chi connectivity index (χ0v) is 15.5. The Morgan fingerprint density at radius 1 is 0.708 bits per heavy atom. The third kappa shape index (κ3) is 7.79. The van der Waals surface area contributed by atoms with Crippen LogP contribution in [0.15, 0.2) is 0 Å². The van der Waals surface area contributed by atoms with E-state index in [0.29, 0.717) is 11.8 Å². The molecule has 0 unspecified atom stereocenters. The minimum atomic E-state index is -0.0500. The van der Waals surface area contributed by atoms with Gasteiger partial charge in [0.2, 0.25) is 0 Å². The predicted octanol–water partition coefficient (Wildman–Crippen LogP) is 3.75. The van der Waals surface area contributed by atoms with Gasteiger partial charge in [0.25, 0.3) is 0 Å². The van der Waals surface area contributed by atoms with Crippen LogP contribution < -0.4 is 0 Å². The Balaban J connectivity index is 1.49. The van der Waals surface area contributed by atoms with Gasteiger partial charge in [-0.3, -0.25) is 0 Å². The van der Waals surface area contributed by atoms with Crippen molar-refractivity contribution in [2.75, 3.05) is 40.1 Å². The molecule has 0 N–H and O–H groups in total. The molecule has 2 aliphatic heterocycles. The Morgan fingerprint density at radius 2 is 1.29 bits per heavy atom. The normalized spacial score (nSPS) is 31.2. The van der Waals surface area contributed by atoms with Crippen molar-refractivity contribution in [1.82, 2.24) is 0 Å². The molecule has 0 aliphatic carbocycles. The summed E-state index contributed by atoms with van der Waals surface area (Å²) in [7, 11) is 1.75. The lowest BCUT2D eigenvalue weighted by Crippen LogP contribution is -2.35. The first-order valence-corrected chi connectivity index (χ1v) is 9.77. The third-order valence-corrected chi connectivity index (χ3v) is 4.89. The highest BCUT2D eigenvalue weighted by molar-refractivity contribution is 4.68. The predicted molar refractivity (Wildman–Crippen MR) is 92.9 cm³/mol. The molecule has 0 radical (unpaired) electrons. The number of unbranched alkanes of at least 4 members (excludes halogenated alkanes) is 2. The van der Waals surface area contributed by atoms with E-state index in [1.165, 1.54) is 19.3 Å². The maximum absolute atomic E-state index is 5.85. The standard InChI is InChI=1S/C19H36O5/c1-3-4-5-8-18-21-14-17(15-22-18)9-10-19-23-12-16(13-24-19)7-6-11-20-2/h16-19H,3-15H2,1-2H3. The van der Waals surface area contributed by atoms with Crippen molar-refractivity contribution in [2.24, 2.45) is 11.8 Å². The smallest absolute Gasteiger partial charge is 0.157 e. The molecule has 2 saturated heterocycles. The summed E-state index contributed by atoms with van der Waals surface area (Å²) in [6.45, 7) is 6.28. The van der Waals surface area contributed by atoms with E-state index < -0.39 is 0 Å². The number of ether oxygens (including phenoxy) is 5.